The van der Waals surface area contributed by atoms with Crippen LogP contribution >= 0.6 is 11.8 Å². The molecular formula is C57H55NS. The van der Waals surface area contributed by atoms with E-state index in [9.17, 15) is 0 Å². The summed E-state index contributed by atoms with van der Waals surface area (Å²) < 4.78 is 0. The molecule has 6 aliphatic carbocycles. The van der Waals surface area contributed by atoms with Crippen LogP contribution in [-0.4, -0.2) is 0 Å². The Bertz CT molecular complexity index is 2790. The highest BCUT2D eigenvalue weighted by Gasteiger charge is 2.84. The van der Waals surface area contributed by atoms with Gasteiger partial charge in [-0.1, -0.05) is 132 Å². The van der Waals surface area contributed by atoms with Crippen LogP contribution in [0.5, 0.6) is 0 Å². The molecule has 7 aliphatic rings. The summed E-state index contributed by atoms with van der Waals surface area (Å²) in [6.07, 6.45) is 8.15. The zero-order valence-corrected chi connectivity index (χ0v) is 36.3. The van der Waals surface area contributed by atoms with Crippen molar-refractivity contribution in [3.63, 3.8) is 0 Å². The standard InChI is InChI=1S/C57H55NS/c1-53(2)25-26-54(3,4)52-43(53)17-12-18-47(52)58(38-20-22-41-40-15-10-11-16-42(40)55(5,6)44(41)31-38)39-21-24-49-46(32-39)57(50-28-34-27-37-30-51(57)56(37,50)33-34)45-29-36(19-23-48(45)59-49)35-13-8-7-9-14-35/h7-24,29,31-32,34,37,50-51H,25-28,30,33H2,1-6H3. The molecule has 6 aromatic rings. The van der Waals surface area contributed by atoms with E-state index in [1.54, 1.807) is 11.1 Å². The monoisotopic (exact) mass is 785 g/mol. The number of benzene rings is 6. The molecule has 0 aromatic heterocycles. The van der Waals surface area contributed by atoms with Gasteiger partial charge >= 0.3 is 0 Å². The van der Waals surface area contributed by atoms with Gasteiger partial charge in [0.2, 0.25) is 0 Å². The van der Waals surface area contributed by atoms with Crippen molar-refractivity contribution in [1.82, 2.24) is 0 Å². The Morgan fingerprint density at radius 3 is 2.00 bits per heavy atom. The molecule has 6 unspecified atom stereocenters. The zero-order valence-electron chi connectivity index (χ0n) is 35.5. The Labute approximate surface area is 355 Å². The Balaban J connectivity index is 1.05. The van der Waals surface area contributed by atoms with Crippen molar-refractivity contribution in [2.24, 2.45) is 29.1 Å². The molecule has 0 radical (unpaired) electrons. The van der Waals surface area contributed by atoms with Gasteiger partial charge in [0.25, 0.3) is 0 Å². The number of nitrogens with zero attached hydrogens (tertiary/aromatic N) is 1. The third-order valence-corrected chi connectivity index (χ3v) is 19.0. The van der Waals surface area contributed by atoms with E-state index in [1.807, 2.05) is 11.8 Å². The van der Waals surface area contributed by atoms with Crippen LogP contribution in [0.3, 0.4) is 0 Å². The molecular weight excluding hydrogens is 731 g/mol. The molecule has 4 saturated carbocycles. The summed E-state index contributed by atoms with van der Waals surface area (Å²) in [4.78, 5) is 5.68. The maximum Gasteiger partial charge on any atom is 0.0502 e. The smallest absolute Gasteiger partial charge is 0.0502 e. The van der Waals surface area contributed by atoms with E-state index < -0.39 is 0 Å². The highest BCUT2D eigenvalue weighted by Crippen LogP contribution is 2.89. The average Bonchev–Trinajstić information content (AvgIpc) is 3.85. The molecule has 1 aliphatic heterocycles. The van der Waals surface area contributed by atoms with Crippen molar-refractivity contribution in [2.45, 2.75) is 112 Å². The summed E-state index contributed by atoms with van der Waals surface area (Å²) in [6, 6.07) is 50.2. The van der Waals surface area contributed by atoms with Crippen LogP contribution in [0.15, 0.2) is 137 Å². The first-order valence-corrected chi connectivity index (χ1v) is 23.5. The van der Waals surface area contributed by atoms with Gasteiger partial charge in [-0.3, -0.25) is 0 Å². The fourth-order valence-corrected chi connectivity index (χ4v) is 16.4. The first-order valence-electron chi connectivity index (χ1n) is 22.6. The lowest BCUT2D eigenvalue weighted by atomic mass is 9.26. The molecule has 2 heteroatoms. The van der Waals surface area contributed by atoms with Crippen LogP contribution in [0.1, 0.15) is 113 Å². The average molecular weight is 786 g/mol. The Hall–Kier alpha value is -4.53. The summed E-state index contributed by atoms with van der Waals surface area (Å²) in [5.41, 5.74) is 19.3. The molecule has 0 saturated heterocycles. The lowest BCUT2D eigenvalue weighted by molar-refractivity contribution is -0.235. The minimum atomic E-state index is -0.0789. The third kappa shape index (κ3) is 4.30. The Morgan fingerprint density at radius 1 is 0.525 bits per heavy atom. The van der Waals surface area contributed by atoms with E-state index >= 15 is 0 Å². The van der Waals surface area contributed by atoms with Gasteiger partial charge in [-0.25, -0.2) is 0 Å². The van der Waals surface area contributed by atoms with Gasteiger partial charge in [-0.2, -0.15) is 0 Å². The van der Waals surface area contributed by atoms with Crippen LogP contribution in [0.4, 0.5) is 17.1 Å². The molecule has 0 amide bonds. The van der Waals surface area contributed by atoms with Gasteiger partial charge in [0.1, 0.15) is 0 Å². The Morgan fingerprint density at radius 2 is 1.19 bits per heavy atom. The highest BCUT2D eigenvalue weighted by atomic mass is 32.2. The number of hydrogen-bond donors (Lipinski definition) is 0. The van der Waals surface area contributed by atoms with Crippen molar-refractivity contribution in [3.8, 4) is 22.3 Å². The van der Waals surface area contributed by atoms with Crippen molar-refractivity contribution in [1.29, 1.82) is 0 Å². The first-order chi connectivity index (χ1) is 28.4. The van der Waals surface area contributed by atoms with Crippen molar-refractivity contribution >= 4 is 28.8 Å². The molecule has 2 spiro atoms. The number of rotatable bonds is 4. The van der Waals surface area contributed by atoms with Gasteiger partial charge in [0, 0.05) is 32.0 Å². The van der Waals surface area contributed by atoms with Gasteiger partial charge < -0.3 is 4.90 Å². The molecule has 13 rings (SSSR count). The maximum atomic E-state index is 2.72. The van der Waals surface area contributed by atoms with E-state index in [4.69, 9.17) is 0 Å². The summed E-state index contributed by atoms with van der Waals surface area (Å²) in [5, 5.41) is 0. The van der Waals surface area contributed by atoms with Gasteiger partial charge in [0.05, 0.1) is 5.69 Å². The predicted octanol–water partition coefficient (Wildman–Crippen LogP) is 15.3. The van der Waals surface area contributed by atoms with E-state index in [2.05, 4.69) is 174 Å². The van der Waals surface area contributed by atoms with E-state index in [-0.39, 0.29) is 21.7 Å². The van der Waals surface area contributed by atoms with Crippen molar-refractivity contribution in [2.75, 3.05) is 4.90 Å². The van der Waals surface area contributed by atoms with Crippen LogP contribution < -0.4 is 4.90 Å². The minimum absolute atomic E-state index is 0.0500. The van der Waals surface area contributed by atoms with Gasteiger partial charge in [-0.15, -0.1) is 0 Å². The van der Waals surface area contributed by atoms with E-state index in [0.717, 1.165) is 23.7 Å². The summed E-state index contributed by atoms with van der Waals surface area (Å²) in [6.45, 7) is 14.8. The molecule has 1 heterocycles. The zero-order chi connectivity index (χ0) is 39.8. The number of fused-ring (bicyclic) bond motifs is 11. The fourth-order valence-electron chi connectivity index (χ4n) is 15.2. The van der Waals surface area contributed by atoms with Gasteiger partial charge in [-0.05, 0) is 183 Å². The first kappa shape index (κ1) is 35.2. The molecule has 6 atom stereocenters. The van der Waals surface area contributed by atoms with Crippen LogP contribution in [-0.2, 0) is 21.7 Å². The highest BCUT2D eigenvalue weighted by molar-refractivity contribution is 7.99. The minimum Gasteiger partial charge on any atom is -0.310 e. The normalized spacial score (nSPS) is 29.6. The summed E-state index contributed by atoms with van der Waals surface area (Å²) in [5.74, 6) is 3.32. The molecule has 294 valence electrons. The largest absolute Gasteiger partial charge is 0.310 e. The topological polar surface area (TPSA) is 3.24 Å². The molecule has 2 bridgehead atoms. The lowest BCUT2D eigenvalue weighted by Crippen LogP contribution is -2.74. The molecule has 6 aromatic carbocycles. The van der Waals surface area contributed by atoms with E-state index in [0.29, 0.717) is 5.41 Å². The second-order valence-corrected chi connectivity index (χ2v) is 22.7. The number of hydrogen-bond acceptors (Lipinski definition) is 2. The quantitative estimate of drug-likeness (QED) is 0.175. The van der Waals surface area contributed by atoms with Crippen molar-refractivity contribution in [3.05, 3.63) is 161 Å². The van der Waals surface area contributed by atoms with Crippen LogP contribution in [0, 0.1) is 29.1 Å². The SMILES string of the molecule is CC1(C)CCC(C)(C)c2c(N(c3ccc4c(c3)C(C)(C)c3ccccc3-4)c3ccc4c(c3)C3(c5cc(-c6ccccc6)ccc5S4)C4CC5CC6CC3C64C5)cccc21. The third-order valence-electron chi connectivity index (χ3n) is 17.8. The molecule has 1 nitrogen and oxygen atoms in total. The maximum absolute atomic E-state index is 2.72. The number of anilines is 3. The molecule has 4 fully saturated rings. The second kappa shape index (κ2) is 11.4. The predicted molar refractivity (Wildman–Crippen MR) is 246 cm³/mol. The summed E-state index contributed by atoms with van der Waals surface area (Å²) in [7, 11) is 0. The van der Waals surface area contributed by atoms with Crippen LogP contribution in [0.25, 0.3) is 22.3 Å². The van der Waals surface area contributed by atoms with Crippen molar-refractivity contribution < 1.29 is 0 Å². The van der Waals surface area contributed by atoms with E-state index in [1.165, 1.54) is 110 Å². The fraction of sp³-hybridized carbons (Fsp3) is 0.368. The molecule has 0 N–H and O–H groups in total. The second-order valence-electron chi connectivity index (χ2n) is 21.6. The summed E-state index contributed by atoms with van der Waals surface area (Å²) >= 11 is 2.03. The van der Waals surface area contributed by atoms with Gasteiger partial charge in [0.15, 0.2) is 0 Å². The molecule has 59 heavy (non-hydrogen) atoms. The lowest BCUT2D eigenvalue weighted by Gasteiger charge is -2.78. The Kier molecular flexibility index (Phi) is 6.83. The van der Waals surface area contributed by atoms with Crippen LogP contribution in [0.2, 0.25) is 0 Å².